The molecule has 0 bridgehead atoms. The summed E-state index contributed by atoms with van der Waals surface area (Å²) in [4.78, 5) is 0.757. The van der Waals surface area contributed by atoms with Crippen LogP contribution in [0.5, 0.6) is 0 Å². The molecule has 0 N–H and O–H groups in total. The molecule has 1 aromatic rings. The average Bonchev–Trinajstić information content (AvgIpc) is 2.04. The summed E-state index contributed by atoms with van der Waals surface area (Å²) in [6.45, 7) is 1.40. The third-order valence-corrected chi connectivity index (χ3v) is 2.93. The number of rotatable bonds is 2. The summed E-state index contributed by atoms with van der Waals surface area (Å²) in [5.74, 6) is -1.58. The maximum atomic E-state index is 12.7. The number of thioether (sulfide) groups is 1. The van der Waals surface area contributed by atoms with Crippen LogP contribution in [0, 0.1) is 11.6 Å². The molecule has 2 rings (SSSR count). The third kappa shape index (κ3) is 2.00. The average molecular weight is 202 g/mol. The van der Waals surface area contributed by atoms with Crippen molar-refractivity contribution in [1.29, 1.82) is 0 Å². The van der Waals surface area contributed by atoms with Gasteiger partial charge in [0.1, 0.15) is 0 Å². The van der Waals surface area contributed by atoms with Gasteiger partial charge in [-0.2, -0.15) is 0 Å². The second-order valence-electron chi connectivity index (χ2n) is 2.85. The van der Waals surface area contributed by atoms with E-state index in [1.54, 1.807) is 6.07 Å². The van der Waals surface area contributed by atoms with E-state index < -0.39 is 11.6 Å². The van der Waals surface area contributed by atoms with Crippen LogP contribution in [0.4, 0.5) is 8.78 Å². The van der Waals surface area contributed by atoms with Crippen LogP contribution in [0.1, 0.15) is 0 Å². The van der Waals surface area contributed by atoms with Crippen LogP contribution in [0.3, 0.4) is 0 Å². The van der Waals surface area contributed by atoms with Crippen molar-refractivity contribution in [2.45, 2.75) is 10.1 Å². The normalized spacial score (nSPS) is 17.1. The molecule has 4 heteroatoms. The lowest BCUT2D eigenvalue weighted by Gasteiger charge is -2.25. The highest BCUT2D eigenvalue weighted by atomic mass is 32.2. The van der Waals surface area contributed by atoms with Gasteiger partial charge < -0.3 is 4.74 Å². The first-order valence-corrected chi connectivity index (χ1v) is 4.83. The number of hydrogen-bond acceptors (Lipinski definition) is 2. The topological polar surface area (TPSA) is 9.23 Å². The first kappa shape index (κ1) is 8.97. The number of benzene rings is 1. The zero-order valence-corrected chi connectivity index (χ0v) is 7.61. The van der Waals surface area contributed by atoms with Crippen molar-refractivity contribution < 1.29 is 13.5 Å². The largest absolute Gasteiger partial charge is 0.379 e. The first-order valence-electron chi connectivity index (χ1n) is 3.95. The number of ether oxygens (including phenoxy) is 1. The SMILES string of the molecule is Fc1ccc(SC2COC2)cc1F. The van der Waals surface area contributed by atoms with Gasteiger partial charge in [-0.3, -0.25) is 0 Å². The molecule has 13 heavy (non-hydrogen) atoms. The molecule has 1 saturated heterocycles. The molecule has 0 unspecified atom stereocenters. The molecule has 1 fully saturated rings. The second-order valence-corrected chi connectivity index (χ2v) is 4.23. The van der Waals surface area contributed by atoms with Crippen LogP contribution in [0.15, 0.2) is 23.1 Å². The van der Waals surface area contributed by atoms with Crippen LogP contribution >= 0.6 is 11.8 Å². The van der Waals surface area contributed by atoms with Crippen LogP contribution < -0.4 is 0 Å². The Hall–Kier alpha value is -0.610. The van der Waals surface area contributed by atoms with Gasteiger partial charge in [0.25, 0.3) is 0 Å². The lowest BCUT2D eigenvalue weighted by Crippen LogP contribution is -2.30. The van der Waals surface area contributed by atoms with E-state index in [4.69, 9.17) is 4.74 Å². The molecule has 0 amide bonds. The van der Waals surface area contributed by atoms with Gasteiger partial charge in [0.2, 0.25) is 0 Å². The Morgan fingerprint density at radius 3 is 2.54 bits per heavy atom. The smallest absolute Gasteiger partial charge is 0.159 e. The molecule has 1 nitrogen and oxygen atoms in total. The van der Waals surface area contributed by atoms with Gasteiger partial charge in [0, 0.05) is 4.90 Å². The highest BCUT2D eigenvalue weighted by molar-refractivity contribution is 8.00. The van der Waals surface area contributed by atoms with E-state index in [9.17, 15) is 8.78 Å². The molecule has 1 heterocycles. The molecule has 1 aromatic carbocycles. The van der Waals surface area contributed by atoms with E-state index in [-0.39, 0.29) is 0 Å². The lowest BCUT2D eigenvalue weighted by molar-refractivity contribution is 0.0455. The van der Waals surface area contributed by atoms with Crippen molar-refractivity contribution in [3.8, 4) is 0 Å². The van der Waals surface area contributed by atoms with E-state index >= 15 is 0 Å². The Bertz CT molecular complexity index is 312. The molecule has 1 aliphatic heterocycles. The molecule has 0 spiro atoms. The van der Waals surface area contributed by atoms with Crippen LogP contribution in [0.25, 0.3) is 0 Å². The molecule has 0 radical (unpaired) electrons. The Kier molecular flexibility index (Phi) is 2.51. The number of hydrogen-bond donors (Lipinski definition) is 0. The summed E-state index contributed by atoms with van der Waals surface area (Å²) in [5, 5.41) is 0.393. The van der Waals surface area contributed by atoms with Crippen LogP contribution in [-0.2, 0) is 4.74 Å². The lowest BCUT2D eigenvalue weighted by atomic mass is 10.3. The summed E-state index contributed by atoms with van der Waals surface area (Å²) in [6.07, 6.45) is 0. The molecular formula is C9H8F2OS. The number of halogens is 2. The Labute approximate surface area is 79.1 Å². The van der Waals surface area contributed by atoms with Gasteiger partial charge in [-0.05, 0) is 18.2 Å². The highest BCUT2D eigenvalue weighted by Crippen LogP contribution is 2.28. The van der Waals surface area contributed by atoms with Crippen molar-refractivity contribution in [1.82, 2.24) is 0 Å². The summed E-state index contributed by atoms with van der Waals surface area (Å²) in [6, 6.07) is 3.96. The van der Waals surface area contributed by atoms with Crippen molar-refractivity contribution in [3.63, 3.8) is 0 Å². The minimum absolute atomic E-state index is 0.393. The van der Waals surface area contributed by atoms with E-state index in [0.717, 1.165) is 11.0 Å². The minimum atomic E-state index is -0.797. The quantitative estimate of drug-likeness (QED) is 0.728. The predicted molar refractivity (Wildman–Crippen MR) is 46.8 cm³/mol. The second kappa shape index (κ2) is 3.64. The Morgan fingerprint density at radius 2 is 2.00 bits per heavy atom. The van der Waals surface area contributed by atoms with Crippen molar-refractivity contribution in [2.75, 3.05) is 13.2 Å². The fraction of sp³-hybridized carbons (Fsp3) is 0.333. The van der Waals surface area contributed by atoms with Gasteiger partial charge in [-0.1, -0.05) is 0 Å². The van der Waals surface area contributed by atoms with Gasteiger partial charge in [0.15, 0.2) is 11.6 Å². The zero-order chi connectivity index (χ0) is 9.26. The van der Waals surface area contributed by atoms with Gasteiger partial charge in [-0.25, -0.2) is 8.78 Å². The predicted octanol–water partition coefficient (Wildman–Crippen LogP) is 2.46. The van der Waals surface area contributed by atoms with Gasteiger partial charge >= 0.3 is 0 Å². The Morgan fingerprint density at radius 1 is 1.23 bits per heavy atom. The zero-order valence-electron chi connectivity index (χ0n) is 6.80. The molecule has 1 aliphatic rings. The summed E-state index contributed by atoms with van der Waals surface area (Å²) in [5.41, 5.74) is 0. The first-order chi connectivity index (χ1) is 6.25. The molecule has 70 valence electrons. The van der Waals surface area contributed by atoms with E-state index in [0.29, 0.717) is 18.5 Å². The van der Waals surface area contributed by atoms with Crippen molar-refractivity contribution in [3.05, 3.63) is 29.8 Å². The van der Waals surface area contributed by atoms with Crippen molar-refractivity contribution >= 4 is 11.8 Å². The standard InChI is InChI=1S/C9H8F2OS/c10-8-2-1-6(3-9(8)11)13-7-4-12-5-7/h1-3,7H,4-5H2. The van der Waals surface area contributed by atoms with Gasteiger partial charge in [0.05, 0.1) is 18.5 Å². The third-order valence-electron chi connectivity index (χ3n) is 1.80. The molecule has 0 saturated carbocycles. The van der Waals surface area contributed by atoms with E-state index in [2.05, 4.69) is 0 Å². The molecule has 0 atom stereocenters. The molecular weight excluding hydrogens is 194 g/mol. The minimum Gasteiger partial charge on any atom is -0.379 e. The fourth-order valence-corrected chi connectivity index (χ4v) is 2.06. The summed E-state index contributed by atoms with van der Waals surface area (Å²) < 4.78 is 30.2. The monoisotopic (exact) mass is 202 g/mol. The molecule has 0 aromatic heterocycles. The maximum Gasteiger partial charge on any atom is 0.159 e. The fourth-order valence-electron chi connectivity index (χ4n) is 1.02. The van der Waals surface area contributed by atoms with E-state index in [1.807, 2.05) is 0 Å². The van der Waals surface area contributed by atoms with Gasteiger partial charge in [-0.15, -0.1) is 11.8 Å². The summed E-state index contributed by atoms with van der Waals surface area (Å²) >= 11 is 1.52. The molecule has 0 aliphatic carbocycles. The summed E-state index contributed by atoms with van der Waals surface area (Å²) in [7, 11) is 0. The maximum absolute atomic E-state index is 12.7. The highest BCUT2D eigenvalue weighted by Gasteiger charge is 2.19. The van der Waals surface area contributed by atoms with Crippen molar-refractivity contribution in [2.24, 2.45) is 0 Å². The Balaban J connectivity index is 2.07. The van der Waals surface area contributed by atoms with Crippen LogP contribution in [-0.4, -0.2) is 18.5 Å². The van der Waals surface area contributed by atoms with Crippen LogP contribution in [0.2, 0.25) is 0 Å². The van der Waals surface area contributed by atoms with E-state index in [1.165, 1.54) is 17.8 Å².